The predicted molar refractivity (Wildman–Crippen MR) is 148 cm³/mol. The van der Waals surface area contributed by atoms with E-state index in [0.29, 0.717) is 44.5 Å². The first-order chi connectivity index (χ1) is 18.4. The lowest BCUT2D eigenvalue weighted by Gasteiger charge is -2.39. The van der Waals surface area contributed by atoms with Crippen LogP contribution in [0.25, 0.3) is 10.2 Å². The quantitative estimate of drug-likeness (QED) is 0.390. The Bertz CT molecular complexity index is 1340. The monoisotopic (exact) mass is 537 g/mol. The van der Waals surface area contributed by atoms with E-state index in [4.69, 9.17) is 10.7 Å². The van der Waals surface area contributed by atoms with Gasteiger partial charge in [-0.05, 0) is 23.4 Å². The van der Waals surface area contributed by atoms with Gasteiger partial charge in [0.2, 0.25) is 11.8 Å². The number of fused-ring (bicyclic) bond motifs is 1. The van der Waals surface area contributed by atoms with Gasteiger partial charge in [0.05, 0.1) is 18.0 Å². The fourth-order valence-electron chi connectivity index (χ4n) is 5.52. The van der Waals surface area contributed by atoms with Gasteiger partial charge in [-0.2, -0.15) is 0 Å². The van der Waals surface area contributed by atoms with E-state index in [0.717, 1.165) is 35.7 Å². The molecule has 10 nitrogen and oxygen atoms in total. The van der Waals surface area contributed by atoms with Gasteiger partial charge in [-0.3, -0.25) is 23.9 Å². The highest BCUT2D eigenvalue weighted by Crippen LogP contribution is 2.27. The molecule has 5 rings (SSSR count). The molecule has 0 aliphatic carbocycles. The first-order valence-corrected chi connectivity index (χ1v) is 14.1. The largest absolute Gasteiger partial charge is 0.368 e. The van der Waals surface area contributed by atoms with Crippen LogP contribution in [0.15, 0.2) is 46.6 Å². The molecule has 2 aliphatic heterocycles. The summed E-state index contributed by atoms with van der Waals surface area (Å²) < 4.78 is 1.82. The molecule has 3 unspecified atom stereocenters. The summed E-state index contributed by atoms with van der Waals surface area (Å²) in [6, 6.07) is 11.2. The van der Waals surface area contributed by atoms with E-state index in [9.17, 15) is 14.4 Å². The van der Waals surface area contributed by atoms with E-state index >= 15 is 0 Å². The van der Waals surface area contributed by atoms with E-state index in [1.165, 1.54) is 11.3 Å². The lowest BCUT2D eigenvalue weighted by atomic mass is 10.0. The molecule has 38 heavy (non-hydrogen) atoms. The summed E-state index contributed by atoms with van der Waals surface area (Å²) in [7, 11) is 0. The van der Waals surface area contributed by atoms with Crippen molar-refractivity contribution in [3.63, 3.8) is 0 Å². The summed E-state index contributed by atoms with van der Waals surface area (Å²) in [6.07, 6.45) is 1.13. The number of rotatable bonds is 8. The first-order valence-electron chi connectivity index (χ1n) is 13.2. The van der Waals surface area contributed by atoms with Gasteiger partial charge in [0, 0.05) is 51.7 Å². The normalized spacial score (nSPS) is 21.4. The smallest absolute Gasteiger partial charge is 0.262 e. The maximum atomic E-state index is 13.6. The molecule has 11 heteroatoms. The summed E-state index contributed by atoms with van der Waals surface area (Å²) >= 11 is 1.49. The van der Waals surface area contributed by atoms with Crippen molar-refractivity contribution in [2.45, 2.75) is 44.4 Å². The Morgan fingerprint density at radius 2 is 1.92 bits per heavy atom. The number of hydrogen-bond acceptors (Lipinski definition) is 8. The van der Waals surface area contributed by atoms with Crippen LogP contribution >= 0.6 is 11.3 Å². The van der Waals surface area contributed by atoms with Crippen LogP contribution in [0.4, 0.5) is 0 Å². The molecule has 2 fully saturated rings. The number of piperazine rings is 2. The highest BCUT2D eigenvalue weighted by atomic mass is 32.1. The number of nitrogens with zero attached hydrogens (tertiary/aromatic N) is 4. The lowest BCUT2D eigenvalue weighted by Crippen LogP contribution is -2.59. The van der Waals surface area contributed by atoms with Gasteiger partial charge in [0.1, 0.15) is 16.7 Å². The molecule has 3 aromatic rings. The lowest BCUT2D eigenvalue weighted by molar-refractivity contribution is -0.134. The minimum Gasteiger partial charge on any atom is -0.368 e. The number of carbonyl (C=O) groups excluding carboxylic acids is 2. The molecule has 0 radical (unpaired) electrons. The Labute approximate surface area is 225 Å². The van der Waals surface area contributed by atoms with Crippen LogP contribution < -0.4 is 21.9 Å². The first kappa shape index (κ1) is 26.5. The molecule has 4 heterocycles. The molecule has 3 atom stereocenters. The Hall–Kier alpha value is -3.12. The molecule has 2 aromatic heterocycles. The standard InChI is InChI=1S/C27H35N7O3S/c1-2-22(25-31-26-20(8-13-38-26)27(37)34(25)15-18-6-4-3-5-7-18)32-11-9-29-19(16-32)14-23(35)33-12-10-30-21(17-33)24(28)36/h3-8,13,19,21-22,29-30H,2,9-12,14-17H2,1H3,(H2,28,36). The molecule has 2 saturated heterocycles. The van der Waals surface area contributed by atoms with Crippen LogP contribution in [0.5, 0.6) is 0 Å². The van der Waals surface area contributed by atoms with Crippen molar-refractivity contribution in [3.05, 3.63) is 63.5 Å². The van der Waals surface area contributed by atoms with Crippen LogP contribution in [0.1, 0.15) is 37.2 Å². The van der Waals surface area contributed by atoms with Crippen molar-refractivity contribution >= 4 is 33.4 Å². The summed E-state index contributed by atoms with van der Waals surface area (Å²) in [5, 5.41) is 9.13. The third-order valence-electron chi connectivity index (χ3n) is 7.50. The SMILES string of the molecule is CCC(c1nc2sccc2c(=O)n1Cc1ccccc1)N1CCNC(CC(=O)N2CCNC(C(N)=O)C2)C1. The molecular weight excluding hydrogens is 502 g/mol. The summed E-state index contributed by atoms with van der Waals surface area (Å²) in [6.45, 7) is 6.20. The number of primary amides is 1. The van der Waals surface area contributed by atoms with Crippen LogP contribution in [-0.4, -0.2) is 82.5 Å². The van der Waals surface area contributed by atoms with Gasteiger partial charge in [-0.15, -0.1) is 11.3 Å². The van der Waals surface area contributed by atoms with Crippen molar-refractivity contribution in [3.8, 4) is 0 Å². The Morgan fingerprint density at radius 3 is 2.68 bits per heavy atom. The minimum atomic E-state index is -0.507. The number of nitrogens with one attached hydrogen (secondary N) is 2. The molecule has 2 aliphatic rings. The second kappa shape index (κ2) is 11.7. The molecule has 0 spiro atoms. The van der Waals surface area contributed by atoms with E-state index in [1.54, 1.807) is 4.90 Å². The molecule has 0 bridgehead atoms. The van der Waals surface area contributed by atoms with E-state index in [-0.39, 0.29) is 23.6 Å². The molecule has 4 N–H and O–H groups in total. The predicted octanol–water partition coefficient (Wildman–Crippen LogP) is 0.907. The maximum absolute atomic E-state index is 13.6. The van der Waals surface area contributed by atoms with Gasteiger partial charge < -0.3 is 21.3 Å². The summed E-state index contributed by atoms with van der Waals surface area (Å²) in [5.41, 5.74) is 6.48. The van der Waals surface area contributed by atoms with Crippen molar-refractivity contribution < 1.29 is 9.59 Å². The van der Waals surface area contributed by atoms with E-state index in [2.05, 4.69) is 22.5 Å². The van der Waals surface area contributed by atoms with Crippen molar-refractivity contribution in [1.82, 2.24) is 30.0 Å². The van der Waals surface area contributed by atoms with Gasteiger partial charge in [-0.25, -0.2) is 4.98 Å². The second-order valence-corrected chi connectivity index (χ2v) is 10.9. The van der Waals surface area contributed by atoms with Crippen LogP contribution in [0.3, 0.4) is 0 Å². The number of hydrogen-bond donors (Lipinski definition) is 3. The Morgan fingerprint density at radius 1 is 1.13 bits per heavy atom. The maximum Gasteiger partial charge on any atom is 0.262 e. The fourth-order valence-corrected chi connectivity index (χ4v) is 6.28. The topological polar surface area (TPSA) is 126 Å². The second-order valence-electron chi connectivity index (χ2n) is 10.0. The Balaban J connectivity index is 1.36. The van der Waals surface area contributed by atoms with Gasteiger partial charge in [0.15, 0.2) is 0 Å². The van der Waals surface area contributed by atoms with Crippen LogP contribution in [0, 0.1) is 0 Å². The zero-order chi connectivity index (χ0) is 26.6. The minimum absolute atomic E-state index is 0.0156. The highest BCUT2D eigenvalue weighted by Gasteiger charge is 2.32. The van der Waals surface area contributed by atoms with Gasteiger partial charge in [0.25, 0.3) is 5.56 Å². The van der Waals surface area contributed by atoms with Crippen molar-refractivity contribution in [2.24, 2.45) is 5.73 Å². The number of aromatic nitrogens is 2. The van der Waals surface area contributed by atoms with Gasteiger partial charge in [-0.1, -0.05) is 37.3 Å². The highest BCUT2D eigenvalue weighted by molar-refractivity contribution is 7.16. The zero-order valence-electron chi connectivity index (χ0n) is 21.6. The van der Waals surface area contributed by atoms with E-state index in [1.807, 2.05) is 46.3 Å². The summed E-state index contributed by atoms with van der Waals surface area (Å²) in [5.74, 6) is 0.353. The third-order valence-corrected chi connectivity index (χ3v) is 8.31. The molecule has 0 saturated carbocycles. The number of carbonyl (C=O) groups is 2. The fraction of sp³-hybridized carbons (Fsp3) is 0.481. The molecular formula is C27H35N7O3S. The van der Waals surface area contributed by atoms with Crippen molar-refractivity contribution in [2.75, 3.05) is 39.3 Å². The average Bonchev–Trinajstić information content (AvgIpc) is 3.41. The Kier molecular flexibility index (Phi) is 8.18. The van der Waals surface area contributed by atoms with Gasteiger partial charge >= 0.3 is 0 Å². The number of nitrogens with two attached hydrogens (primary N) is 1. The molecule has 202 valence electrons. The number of amides is 2. The molecule has 2 amide bonds. The third kappa shape index (κ3) is 5.65. The zero-order valence-corrected chi connectivity index (χ0v) is 22.5. The van der Waals surface area contributed by atoms with E-state index < -0.39 is 11.9 Å². The number of thiophene rings is 1. The number of benzene rings is 1. The summed E-state index contributed by atoms with van der Waals surface area (Å²) in [4.78, 5) is 48.1. The van der Waals surface area contributed by atoms with Crippen LogP contribution in [-0.2, 0) is 16.1 Å². The van der Waals surface area contributed by atoms with Crippen LogP contribution in [0.2, 0.25) is 0 Å². The average molecular weight is 538 g/mol. The van der Waals surface area contributed by atoms with Crippen molar-refractivity contribution in [1.29, 1.82) is 0 Å². The molecule has 1 aromatic carbocycles.